The first-order chi connectivity index (χ1) is 14.5. The van der Waals surface area contributed by atoms with Gasteiger partial charge in [0.05, 0.1) is 11.2 Å². The molecule has 0 spiro atoms. The summed E-state index contributed by atoms with van der Waals surface area (Å²) < 4.78 is 45.9. The van der Waals surface area contributed by atoms with Crippen LogP contribution in [0.5, 0.6) is 5.75 Å². The Morgan fingerprint density at radius 2 is 1.97 bits per heavy atom. The molecule has 1 saturated heterocycles. The third-order valence-corrected chi connectivity index (χ3v) is 6.22. The minimum Gasteiger partial charge on any atom is -0.490 e. The van der Waals surface area contributed by atoms with Gasteiger partial charge in [0, 0.05) is 36.9 Å². The Kier molecular flexibility index (Phi) is 4.97. The molecule has 8 heteroatoms. The maximum absolute atomic E-state index is 12.8. The number of fused-ring (bicyclic) bond motifs is 2. The molecular weight excluding hydrogens is 393 g/mol. The van der Waals surface area contributed by atoms with Crippen molar-refractivity contribution in [2.24, 2.45) is 0 Å². The molecule has 5 rings (SSSR count). The molecule has 2 aromatic heterocycles. The molecule has 0 atom stereocenters. The highest BCUT2D eigenvalue weighted by Gasteiger charge is 2.29. The number of aromatic nitrogens is 3. The van der Waals surface area contributed by atoms with E-state index in [1.165, 1.54) is 34.1 Å². The summed E-state index contributed by atoms with van der Waals surface area (Å²) in [5.41, 5.74) is 4.43. The standard InChI is InChI=1S/C22H25F3N4O/c23-22(24,25)14-29-12-9-17-20(29)5-2-6-21(17)30-15-7-10-28(11-8-15)13-19-16-3-1-4-18(16)26-27-19/h2,5-6,9,12,15H,1,3-4,7-8,10-11,13-14H2,(H,26,27). The van der Waals surface area contributed by atoms with Crippen LogP contribution >= 0.6 is 0 Å². The van der Waals surface area contributed by atoms with E-state index in [0.717, 1.165) is 50.7 Å². The molecule has 0 saturated carbocycles. The second kappa shape index (κ2) is 7.65. The van der Waals surface area contributed by atoms with Crippen molar-refractivity contribution in [3.63, 3.8) is 0 Å². The Morgan fingerprint density at radius 3 is 2.77 bits per heavy atom. The lowest BCUT2D eigenvalue weighted by atomic mass is 10.1. The molecule has 0 radical (unpaired) electrons. The van der Waals surface area contributed by atoms with Crippen LogP contribution in [0.1, 0.15) is 36.2 Å². The van der Waals surface area contributed by atoms with E-state index in [9.17, 15) is 13.2 Å². The van der Waals surface area contributed by atoms with E-state index in [2.05, 4.69) is 15.1 Å². The van der Waals surface area contributed by atoms with Crippen LogP contribution in [0.3, 0.4) is 0 Å². The Balaban J connectivity index is 1.22. The molecule has 1 N–H and O–H groups in total. The third kappa shape index (κ3) is 3.93. The third-order valence-electron chi connectivity index (χ3n) is 6.22. The number of aromatic amines is 1. The molecule has 2 aliphatic rings. The summed E-state index contributed by atoms with van der Waals surface area (Å²) in [6, 6.07) is 7.03. The van der Waals surface area contributed by atoms with Crippen LogP contribution in [0.4, 0.5) is 13.2 Å². The monoisotopic (exact) mass is 418 g/mol. The van der Waals surface area contributed by atoms with E-state index in [0.29, 0.717) is 11.3 Å². The number of halogens is 3. The molecule has 1 fully saturated rings. The molecule has 1 aliphatic heterocycles. The number of hydrogen-bond acceptors (Lipinski definition) is 3. The topological polar surface area (TPSA) is 46.1 Å². The molecule has 160 valence electrons. The van der Waals surface area contributed by atoms with Gasteiger partial charge in [-0.3, -0.25) is 10.00 Å². The van der Waals surface area contributed by atoms with Gasteiger partial charge < -0.3 is 9.30 Å². The summed E-state index contributed by atoms with van der Waals surface area (Å²) in [5.74, 6) is 0.664. The normalized spacial score (nSPS) is 18.2. The maximum Gasteiger partial charge on any atom is 0.406 e. The van der Waals surface area contributed by atoms with Gasteiger partial charge in [-0.15, -0.1) is 0 Å². The zero-order valence-corrected chi connectivity index (χ0v) is 16.7. The minimum atomic E-state index is -4.25. The summed E-state index contributed by atoms with van der Waals surface area (Å²) in [6.45, 7) is 1.73. The van der Waals surface area contributed by atoms with Crippen LogP contribution in [0.25, 0.3) is 10.9 Å². The van der Waals surface area contributed by atoms with E-state index in [4.69, 9.17) is 4.74 Å². The molecular formula is C22H25F3N4O. The lowest BCUT2D eigenvalue weighted by Crippen LogP contribution is -2.38. The van der Waals surface area contributed by atoms with Crippen LogP contribution < -0.4 is 4.74 Å². The largest absolute Gasteiger partial charge is 0.490 e. The fourth-order valence-corrected chi connectivity index (χ4v) is 4.72. The molecule has 1 aromatic carbocycles. The highest BCUT2D eigenvalue weighted by molar-refractivity contribution is 5.86. The number of nitrogens with zero attached hydrogens (tertiary/aromatic N) is 3. The number of piperidine rings is 1. The van der Waals surface area contributed by atoms with E-state index >= 15 is 0 Å². The summed E-state index contributed by atoms with van der Waals surface area (Å²) in [4.78, 5) is 2.41. The number of benzene rings is 1. The zero-order chi connectivity index (χ0) is 20.7. The van der Waals surface area contributed by atoms with Crippen molar-refractivity contribution >= 4 is 10.9 Å². The van der Waals surface area contributed by atoms with Crippen molar-refractivity contribution in [1.82, 2.24) is 19.7 Å². The SMILES string of the molecule is FC(F)(F)Cn1ccc2c(OC3CCN(Cc4n[nH]c5c4CCC5)CC3)cccc21. The Morgan fingerprint density at radius 1 is 1.13 bits per heavy atom. The fraction of sp³-hybridized carbons (Fsp3) is 0.500. The summed E-state index contributed by atoms with van der Waals surface area (Å²) in [6.07, 6.45) is 2.54. The fourth-order valence-electron chi connectivity index (χ4n) is 4.72. The number of aryl methyl sites for hydroxylation is 1. The second-order valence-electron chi connectivity index (χ2n) is 8.32. The van der Waals surface area contributed by atoms with Crippen LogP contribution in [-0.4, -0.2) is 45.0 Å². The molecule has 3 aromatic rings. The van der Waals surface area contributed by atoms with Crippen molar-refractivity contribution in [2.45, 2.75) is 57.5 Å². The zero-order valence-electron chi connectivity index (χ0n) is 16.7. The van der Waals surface area contributed by atoms with Gasteiger partial charge in [0.2, 0.25) is 0 Å². The predicted molar refractivity (Wildman–Crippen MR) is 108 cm³/mol. The van der Waals surface area contributed by atoms with Crippen LogP contribution in [0.2, 0.25) is 0 Å². The quantitative estimate of drug-likeness (QED) is 0.666. The predicted octanol–water partition coefficient (Wildman–Crippen LogP) is 4.46. The smallest absolute Gasteiger partial charge is 0.406 e. The van der Waals surface area contributed by atoms with Crippen molar-refractivity contribution in [3.05, 3.63) is 47.4 Å². The summed E-state index contributed by atoms with van der Waals surface area (Å²) >= 11 is 0. The average Bonchev–Trinajstić information content (AvgIpc) is 3.41. The maximum atomic E-state index is 12.8. The van der Waals surface area contributed by atoms with Crippen molar-refractivity contribution in [1.29, 1.82) is 0 Å². The first-order valence-electron chi connectivity index (χ1n) is 10.5. The van der Waals surface area contributed by atoms with E-state index < -0.39 is 12.7 Å². The van der Waals surface area contributed by atoms with Gasteiger partial charge in [0.15, 0.2) is 0 Å². The second-order valence-corrected chi connectivity index (χ2v) is 8.32. The van der Waals surface area contributed by atoms with Gasteiger partial charge in [0.25, 0.3) is 0 Å². The Bertz CT molecular complexity index is 1030. The summed E-state index contributed by atoms with van der Waals surface area (Å²) in [5, 5.41) is 8.41. The highest BCUT2D eigenvalue weighted by atomic mass is 19.4. The number of rotatable bonds is 5. The first kappa shape index (κ1) is 19.5. The van der Waals surface area contributed by atoms with Crippen LogP contribution in [-0.2, 0) is 25.9 Å². The number of H-pyrrole nitrogens is 1. The average molecular weight is 418 g/mol. The van der Waals surface area contributed by atoms with Gasteiger partial charge >= 0.3 is 6.18 Å². The molecule has 1 aliphatic carbocycles. The molecule has 30 heavy (non-hydrogen) atoms. The van der Waals surface area contributed by atoms with Gasteiger partial charge in [-0.05, 0) is 55.9 Å². The molecule has 0 amide bonds. The van der Waals surface area contributed by atoms with E-state index in [1.54, 1.807) is 18.2 Å². The lowest BCUT2D eigenvalue weighted by molar-refractivity contribution is -0.139. The number of ether oxygens (including phenoxy) is 1. The molecule has 5 nitrogen and oxygen atoms in total. The van der Waals surface area contributed by atoms with Crippen molar-refractivity contribution in [2.75, 3.05) is 13.1 Å². The Hall–Kier alpha value is -2.48. The number of hydrogen-bond donors (Lipinski definition) is 1. The van der Waals surface area contributed by atoms with Crippen LogP contribution in [0, 0.1) is 0 Å². The minimum absolute atomic E-state index is 0.0720. The van der Waals surface area contributed by atoms with Gasteiger partial charge in [-0.25, -0.2) is 0 Å². The molecule has 3 heterocycles. The number of nitrogens with one attached hydrogen (secondary N) is 1. The van der Waals surface area contributed by atoms with E-state index in [-0.39, 0.29) is 6.10 Å². The Labute approximate surface area is 172 Å². The molecule has 0 bridgehead atoms. The van der Waals surface area contributed by atoms with Crippen molar-refractivity contribution in [3.8, 4) is 5.75 Å². The van der Waals surface area contributed by atoms with Crippen LogP contribution in [0.15, 0.2) is 30.5 Å². The number of likely N-dealkylation sites (tertiary alicyclic amines) is 1. The van der Waals surface area contributed by atoms with E-state index in [1.807, 2.05) is 6.07 Å². The highest BCUT2D eigenvalue weighted by Crippen LogP contribution is 2.31. The number of alkyl halides is 3. The van der Waals surface area contributed by atoms with Crippen molar-refractivity contribution < 1.29 is 17.9 Å². The molecule has 0 unspecified atom stereocenters. The first-order valence-corrected chi connectivity index (χ1v) is 10.5. The summed E-state index contributed by atoms with van der Waals surface area (Å²) in [7, 11) is 0. The van der Waals surface area contributed by atoms with Gasteiger partial charge in [-0.1, -0.05) is 6.07 Å². The van der Waals surface area contributed by atoms with Gasteiger partial charge in [0.1, 0.15) is 18.4 Å². The lowest BCUT2D eigenvalue weighted by Gasteiger charge is -2.32. The van der Waals surface area contributed by atoms with Gasteiger partial charge in [-0.2, -0.15) is 18.3 Å².